The third-order valence-electron chi connectivity index (χ3n) is 6.98. The molecule has 0 heterocycles. The number of Topliss-reactive ketones (excluding diaryl/α,β-unsaturated/α-hetero) is 2. The molecule has 0 aromatic heterocycles. The molecular weight excluding hydrogens is 668 g/mol. The molecule has 3 N–H and O–H groups in total. The normalized spacial score (nSPS) is 12.7. The second-order valence-electron chi connectivity index (χ2n) is 10.6. The van der Waals surface area contributed by atoms with Gasteiger partial charge in [0.25, 0.3) is 21.9 Å². The number of nitrogens with zero attached hydrogens (tertiary/aromatic N) is 4. The highest BCUT2D eigenvalue weighted by Crippen LogP contribution is 2.37. The van der Waals surface area contributed by atoms with Crippen LogP contribution in [0.2, 0.25) is 0 Å². The fourth-order valence-corrected chi connectivity index (χ4v) is 4.89. The van der Waals surface area contributed by atoms with E-state index in [0.717, 1.165) is 12.1 Å². The van der Waals surface area contributed by atoms with Crippen LogP contribution in [0.5, 0.6) is 11.5 Å². The van der Waals surface area contributed by atoms with Crippen LogP contribution in [-0.2, 0) is 29.3 Å². The second kappa shape index (κ2) is 16.3. The van der Waals surface area contributed by atoms with Gasteiger partial charge in [0.05, 0.1) is 19.1 Å². The molecule has 0 aliphatic rings. The Labute approximate surface area is 287 Å². The summed E-state index contributed by atoms with van der Waals surface area (Å²) in [4.78, 5) is 49.6. The third kappa shape index (κ3) is 9.48. The number of carbonyl (C=O) groups excluding carboxylic acids is 4. The highest BCUT2D eigenvalue weighted by atomic mass is 32.2. The highest BCUT2D eigenvalue weighted by Gasteiger charge is 2.25. The zero-order chi connectivity index (χ0) is 36.4. The van der Waals surface area contributed by atoms with Gasteiger partial charge in [0.15, 0.2) is 11.6 Å². The van der Waals surface area contributed by atoms with Crippen LogP contribution in [0.1, 0.15) is 13.8 Å². The van der Waals surface area contributed by atoms with Crippen LogP contribution in [0.15, 0.2) is 116 Å². The second-order valence-corrected chi connectivity index (χ2v) is 12.0. The number of nitrogens with one attached hydrogen (secondary N) is 2. The molecule has 4 rings (SSSR count). The summed E-state index contributed by atoms with van der Waals surface area (Å²) >= 11 is 0. The van der Waals surface area contributed by atoms with Crippen LogP contribution >= 0.6 is 0 Å². The van der Waals surface area contributed by atoms with E-state index in [0.29, 0.717) is 22.6 Å². The van der Waals surface area contributed by atoms with Crippen molar-refractivity contribution in [3.05, 3.63) is 91.0 Å². The molecule has 50 heavy (non-hydrogen) atoms. The molecule has 2 atom stereocenters. The number of methoxy groups -OCH3 is 2. The molecule has 0 spiro atoms. The zero-order valence-corrected chi connectivity index (χ0v) is 28.0. The average molecular weight is 701 g/mol. The van der Waals surface area contributed by atoms with Gasteiger partial charge in [-0.1, -0.05) is 30.3 Å². The van der Waals surface area contributed by atoms with Crippen molar-refractivity contribution in [3.8, 4) is 22.6 Å². The van der Waals surface area contributed by atoms with E-state index in [9.17, 15) is 27.6 Å². The number of para-hydroxylation sites is 1. The van der Waals surface area contributed by atoms with Crippen molar-refractivity contribution in [2.24, 2.45) is 20.5 Å². The molecule has 0 fully saturated rings. The van der Waals surface area contributed by atoms with Gasteiger partial charge >= 0.3 is 0 Å². The van der Waals surface area contributed by atoms with E-state index in [1.807, 2.05) is 0 Å². The van der Waals surface area contributed by atoms with Gasteiger partial charge in [-0.25, -0.2) is 0 Å². The van der Waals surface area contributed by atoms with Gasteiger partial charge in [-0.05, 0) is 85.6 Å². The summed E-state index contributed by atoms with van der Waals surface area (Å²) in [5, 5.41) is 21.2. The predicted octanol–water partition coefficient (Wildman–Crippen LogP) is 5.98. The summed E-state index contributed by atoms with van der Waals surface area (Å²) in [6.07, 6.45) is 0. The van der Waals surface area contributed by atoms with Crippen molar-refractivity contribution in [3.63, 3.8) is 0 Å². The van der Waals surface area contributed by atoms with Gasteiger partial charge < -0.3 is 20.1 Å². The van der Waals surface area contributed by atoms with Crippen LogP contribution in [0.25, 0.3) is 11.1 Å². The van der Waals surface area contributed by atoms with E-state index < -0.39 is 45.6 Å². The molecule has 258 valence electrons. The SMILES string of the molecule is COc1cc(-c2ccc(N=NC(C(C)=O)C(=O)Nc3ccc(S(=O)(=O)O)cc3)c(OC)c2)ccc1N=NC(C(C)=O)C(=O)Nc1ccccc1. The van der Waals surface area contributed by atoms with Crippen LogP contribution in [0.4, 0.5) is 22.7 Å². The van der Waals surface area contributed by atoms with Gasteiger partial charge in [0, 0.05) is 11.4 Å². The predicted molar refractivity (Wildman–Crippen MR) is 183 cm³/mol. The first-order valence-electron chi connectivity index (χ1n) is 14.7. The lowest BCUT2D eigenvalue weighted by molar-refractivity contribution is -0.127. The zero-order valence-electron chi connectivity index (χ0n) is 27.2. The summed E-state index contributed by atoms with van der Waals surface area (Å²) in [5.74, 6) is -1.96. The number of carbonyl (C=O) groups is 4. The molecule has 0 saturated carbocycles. The monoisotopic (exact) mass is 700 g/mol. The van der Waals surface area contributed by atoms with Gasteiger partial charge in [-0.3, -0.25) is 23.7 Å². The van der Waals surface area contributed by atoms with Crippen molar-refractivity contribution < 1.29 is 41.6 Å². The summed E-state index contributed by atoms with van der Waals surface area (Å²) < 4.78 is 42.6. The number of rotatable bonds is 14. The molecule has 4 aromatic carbocycles. The van der Waals surface area contributed by atoms with E-state index >= 15 is 0 Å². The maximum absolute atomic E-state index is 12.8. The number of hydrogen-bond acceptors (Lipinski definition) is 12. The number of azo groups is 2. The number of ketones is 2. The Morgan fingerprint density at radius 1 is 0.640 bits per heavy atom. The van der Waals surface area contributed by atoms with Crippen LogP contribution in [-0.4, -0.2) is 62.7 Å². The number of benzene rings is 4. The third-order valence-corrected chi connectivity index (χ3v) is 7.85. The Morgan fingerprint density at radius 3 is 1.44 bits per heavy atom. The highest BCUT2D eigenvalue weighted by molar-refractivity contribution is 7.85. The summed E-state index contributed by atoms with van der Waals surface area (Å²) in [5.41, 5.74) is 2.51. The molecule has 16 heteroatoms. The Balaban J connectivity index is 1.51. The van der Waals surface area contributed by atoms with Gasteiger partial charge in [-0.15, -0.1) is 0 Å². The average Bonchev–Trinajstić information content (AvgIpc) is 3.08. The first-order chi connectivity index (χ1) is 23.8. The van der Waals surface area contributed by atoms with Crippen LogP contribution < -0.4 is 20.1 Å². The molecule has 2 unspecified atom stereocenters. The van der Waals surface area contributed by atoms with Crippen molar-refractivity contribution in [2.45, 2.75) is 30.8 Å². The fraction of sp³-hybridized carbons (Fsp3) is 0.176. The lowest BCUT2D eigenvalue weighted by atomic mass is 10.0. The van der Waals surface area contributed by atoms with E-state index in [2.05, 4.69) is 31.1 Å². The smallest absolute Gasteiger partial charge is 0.294 e. The summed E-state index contributed by atoms with van der Waals surface area (Å²) in [6, 6.07) is 20.4. The lowest BCUT2D eigenvalue weighted by Crippen LogP contribution is -2.31. The number of ether oxygens (including phenoxy) is 2. The molecule has 4 aromatic rings. The number of hydrogen-bond donors (Lipinski definition) is 3. The molecule has 0 aliphatic heterocycles. The Kier molecular flexibility index (Phi) is 12.0. The van der Waals surface area contributed by atoms with Gasteiger partial charge in [-0.2, -0.15) is 28.9 Å². The van der Waals surface area contributed by atoms with Crippen molar-refractivity contribution in [1.29, 1.82) is 0 Å². The first kappa shape index (κ1) is 36.7. The minimum Gasteiger partial charge on any atom is -0.494 e. The van der Waals surface area contributed by atoms with Crippen LogP contribution in [0, 0.1) is 0 Å². The van der Waals surface area contributed by atoms with Crippen molar-refractivity contribution in [1.82, 2.24) is 0 Å². The lowest BCUT2D eigenvalue weighted by Gasteiger charge is -2.12. The summed E-state index contributed by atoms with van der Waals surface area (Å²) in [6.45, 7) is 2.42. The van der Waals surface area contributed by atoms with E-state index in [1.165, 1.54) is 40.2 Å². The standard InChI is InChI=1S/C34H32N6O9S/c1-20(41)31(33(43)35-24-8-6-5-7-9-24)39-37-27-16-10-22(18-29(27)48-3)23-11-17-28(30(19-23)49-4)38-40-32(21(2)42)34(44)36-25-12-14-26(15-13-25)50(45,46)47/h5-19,31-32H,1-4H3,(H,35,43)(H,36,44)(H,45,46,47). The molecular formula is C34H32N6O9S. The van der Waals surface area contributed by atoms with E-state index in [-0.39, 0.29) is 27.7 Å². The first-order valence-corrected chi connectivity index (χ1v) is 16.2. The maximum atomic E-state index is 12.8. The van der Waals surface area contributed by atoms with Gasteiger partial charge in [0.1, 0.15) is 22.9 Å². The maximum Gasteiger partial charge on any atom is 0.294 e. The Morgan fingerprint density at radius 2 is 1.06 bits per heavy atom. The Hall–Kier alpha value is -6.13. The van der Waals surface area contributed by atoms with Gasteiger partial charge in [0.2, 0.25) is 12.1 Å². The minimum absolute atomic E-state index is 0.168. The van der Waals surface area contributed by atoms with E-state index in [1.54, 1.807) is 66.7 Å². The van der Waals surface area contributed by atoms with Crippen LogP contribution in [0.3, 0.4) is 0 Å². The fourth-order valence-electron chi connectivity index (χ4n) is 4.41. The molecule has 0 aliphatic carbocycles. The molecule has 0 bridgehead atoms. The number of anilines is 2. The Bertz CT molecular complexity index is 2070. The molecule has 2 amide bonds. The molecule has 15 nitrogen and oxygen atoms in total. The van der Waals surface area contributed by atoms with Crippen molar-refractivity contribution >= 4 is 56.2 Å². The quantitative estimate of drug-likeness (QED) is 0.0800. The van der Waals surface area contributed by atoms with E-state index in [4.69, 9.17) is 14.0 Å². The van der Waals surface area contributed by atoms with Crippen molar-refractivity contribution in [2.75, 3.05) is 24.9 Å². The summed E-state index contributed by atoms with van der Waals surface area (Å²) in [7, 11) is -1.57. The topological polar surface area (TPSA) is 215 Å². The largest absolute Gasteiger partial charge is 0.494 e. The molecule has 0 saturated heterocycles. The number of amides is 2. The molecule has 0 radical (unpaired) electrons. The minimum atomic E-state index is -4.42.